The third-order valence-electron chi connectivity index (χ3n) is 3.44. The van der Waals surface area contributed by atoms with E-state index in [4.69, 9.17) is 0 Å². The lowest BCUT2D eigenvalue weighted by Crippen LogP contribution is -2.19. The zero-order valence-electron chi connectivity index (χ0n) is 13.9. The molecule has 1 atom stereocenters. The second-order valence-electron chi connectivity index (χ2n) is 4.85. The number of aryl methyl sites for hydroxylation is 1. The van der Waals surface area contributed by atoms with Gasteiger partial charge in [-0.1, -0.05) is 43.0 Å². The van der Waals surface area contributed by atoms with Crippen molar-refractivity contribution in [3.8, 4) is 4.90 Å². The van der Waals surface area contributed by atoms with Crippen LogP contribution >= 0.6 is 10.5 Å². The molecule has 1 aromatic heterocycles. The Morgan fingerprint density at radius 2 is 1.64 bits per heavy atom. The third kappa shape index (κ3) is 3.55. The maximum absolute atomic E-state index is 4.26. The molecule has 2 aromatic rings. The first kappa shape index (κ1) is 17.9. The molecule has 1 aromatic carbocycles. The van der Waals surface area contributed by atoms with Crippen LogP contribution in [0, 0.1) is 13.8 Å². The molecular formula is C21H25S+. The van der Waals surface area contributed by atoms with Gasteiger partial charge in [-0.3, -0.25) is 0 Å². The van der Waals surface area contributed by atoms with Gasteiger partial charge in [0.25, 0.3) is 0 Å². The molecule has 1 heteroatoms. The van der Waals surface area contributed by atoms with Crippen molar-refractivity contribution in [1.29, 1.82) is 0 Å². The van der Waals surface area contributed by atoms with Crippen LogP contribution in [0.2, 0.25) is 0 Å². The lowest BCUT2D eigenvalue weighted by atomic mass is 10.2. The Labute approximate surface area is 137 Å². The molecule has 0 amide bonds. The number of rotatable bonds is 3. The monoisotopic (exact) mass is 309 g/mol. The fourth-order valence-electron chi connectivity index (χ4n) is 2.25. The fourth-order valence-corrected chi connectivity index (χ4v) is 4.61. The van der Waals surface area contributed by atoms with E-state index in [0.717, 1.165) is 5.22 Å². The summed E-state index contributed by atoms with van der Waals surface area (Å²) in [6.45, 7) is 20.6. The summed E-state index contributed by atoms with van der Waals surface area (Å²) in [5.41, 5.74) is 2.55. The van der Waals surface area contributed by atoms with Gasteiger partial charge in [0.1, 0.15) is 0 Å². The van der Waals surface area contributed by atoms with Crippen molar-refractivity contribution in [2.75, 3.05) is 0 Å². The van der Waals surface area contributed by atoms with Crippen molar-refractivity contribution in [3.05, 3.63) is 81.9 Å². The smallest absolute Gasteiger partial charge is 0.106 e. The minimum Gasteiger partial charge on any atom is -0.106 e. The molecule has 2 rings (SSSR count). The van der Waals surface area contributed by atoms with E-state index < -0.39 is 0 Å². The molecule has 0 N–H and O–H groups in total. The fraction of sp³-hybridized carbons (Fsp3) is 0.143. The molecular weight excluding hydrogens is 284 g/mol. The molecule has 0 nitrogen and oxygen atoms in total. The first-order valence-corrected chi connectivity index (χ1v) is 8.49. The second kappa shape index (κ2) is 8.35. The van der Waals surface area contributed by atoms with E-state index in [9.17, 15) is 0 Å². The van der Waals surface area contributed by atoms with Gasteiger partial charge in [0.2, 0.25) is 0 Å². The van der Waals surface area contributed by atoms with Crippen LogP contribution in [0.5, 0.6) is 0 Å². The summed E-state index contributed by atoms with van der Waals surface area (Å²) < 4.78 is 1.30. The average Bonchev–Trinajstić information content (AvgIpc) is 2.79. The van der Waals surface area contributed by atoms with E-state index in [1.165, 1.54) is 25.4 Å². The van der Waals surface area contributed by atoms with Crippen LogP contribution in [-0.2, 0) is 0 Å². The Kier molecular flexibility index (Phi) is 6.81. The molecule has 0 fully saturated rings. The van der Waals surface area contributed by atoms with Crippen LogP contribution in [0.3, 0.4) is 0 Å². The lowest BCUT2D eigenvalue weighted by Gasteiger charge is -1.94. The predicted octanol–water partition coefficient (Wildman–Crippen LogP) is 5.25. The van der Waals surface area contributed by atoms with Crippen LogP contribution in [0.4, 0.5) is 0 Å². The van der Waals surface area contributed by atoms with E-state index >= 15 is 0 Å². The normalized spacial score (nSPS) is 12.1. The van der Waals surface area contributed by atoms with Gasteiger partial charge < -0.3 is 0 Å². The summed E-state index contributed by atoms with van der Waals surface area (Å²) in [4.78, 5) is 2.63. The van der Waals surface area contributed by atoms with E-state index in [-0.39, 0.29) is 10.5 Å². The van der Waals surface area contributed by atoms with E-state index in [2.05, 4.69) is 82.7 Å². The molecule has 0 spiro atoms. The van der Waals surface area contributed by atoms with Crippen molar-refractivity contribution in [1.82, 2.24) is 0 Å². The standard InChI is InChI=1S/C19H21S.C2H4/c1-6-8-9-19-16(5)15(4)18(7-2)20(19)17-12-10-14(3)11-13-17;1-2/h6-13H,2,5H2,1,3-4H3;1-2H2/q+1;/b8-6-,19-9+;. The SMILES string of the molecule is C=C.C=Cc1c(C)c(=C)/c(=C\C=C/C)[s+]1-c1ccc(C)cc1. The second-order valence-corrected chi connectivity index (χ2v) is 6.81. The number of allylic oxidation sites excluding steroid dienone is 2. The quantitative estimate of drug-likeness (QED) is 0.536. The highest BCUT2D eigenvalue weighted by molar-refractivity contribution is 7.39. The summed E-state index contributed by atoms with van der Waals surface area (Å²) in [6, 6.07) is 8.79. The van der Waals surface area contributed by atoms with E-state index in [1.807, 2.05) is 13.0 Å². The highest BCUT2D eigenvalue weighted by Crippen LogP contribution is 2.32. The maximum atomic E-state index is 4.26. The van der Waals surface area contributed by atoms with Crippen molar-refractivity contribution in [2.24, 2.45) is 0 Å². The number of hydrogen-bond donors (Lipinski definition) is 0. The molecule has 1 unspecified atom stereocenters. The average molecular weight is 309 g/mol. The predicted molar refractivity (Wildman–Crippen MR) is 105 cm³/mol. The maximum Gasteiger partial charge on any atom is 0.186 e. The van der Waals surface area contributed by atoms with Gasteiger partial charge in [-0.2, -0.15) is 0 Å². The molecule has 0 saturated heterocycles. The molecule has 0 saturated carbocycles. The largest absolute Gasteiger partial charge is 0.186 e. The minimum absolute atomic E-state index is 0.0643. The van der Waals surface area contributed by atoms with Crippen molar-refractivity contribution < 1.29 is 0 Å². The Balaban J connectivity index is 0.00000116. The Morgan fingerprint density at radius 3 is 2.14 bits per heavy atom. The molecule has 0 radical (unpaired) electrons. The molecule has 22 heavy (non-hydrogen) atoms. The number of thiophene rings is 1. The summed E-state index contributed by atoms with van der Waals surface area (Å²) in [6.07, 6.45) is 8.32. The van der Waals surface area contributed by atoms with Gasteiger partial charge in [0, 0.05) is 21.3 Å². The Hall–Kier alpha value is -2.12. The van der Waals surface area contributed by atoms with Crippen LogP contribution in [0.25, 0.3) is 23.6 Å². The summed E-state index contributed by atoms with van der Waals surface area (Å²) in [5.74, 6) is 0. The van der Waals surface area contributed by atoms with Gasteiger partial charge in [-0.25, -0.2) is 0 Å². The van der Waals surface area contributed by atoms with Crippen LogP contribution in [-0.4, -0.2) is 0 Å². The van der Waals surface area contributed by atoms with Crippen LogP contribution in [0.15, 0.2) is 56.2 Å². The molecule has 0 aliphatic rings. The zero-order valence-corrected chi connectivity index (χ0v) is 14.7. The summed E-state index contributed by atoms with van der Waals surface area (Å²) in [7, 11) is -0.0643. The zero-order chi connectivity index (χ0) is 16.7. The topological polar surface area (TPSA) is 0 Å². The first-order valence-electron chi connectivity index (χ1n) is 7.27. The number of benzene rings is 1. The summed E-state index contributed by atoms with van der Waals surface area (Å²) in [5, 5.41) is 1.14. The van der Waals surface area contributed by atoms with E-state index in [0.29, 0.717) is 0 Å². The van der Waals surface area contributed by atoms with Gasteiger partial charge in [0.05, 0.1) is 0 Å². The van der Waals surface area contributed by atoms with Gasteiger partial charge >= 0.3 is 0 Å². The Morgan fingerprint density at radius 1 is 1.05 bits per heavy atom. The first-order chi connectivity index (χ1) is 10.6. The molecule has 0 aliphatic heterocycles. The van der Waals surface area contributed by atoms with Crippen molar-refractivity contribution in [2.45, 2.75) is 20.8 Å². The van der Waals surface area contributed by atoms with E-state index in [1.54, 1.807) is 0 Å². The summed E-state index contributed by atoms with van der Waals surface area (Å²) >= 11 is 0. The molecule has 0 bridgehead atoms. The van der Waals surface area contributed by atoms with Crippen LogP contribution in [0.1, 0.15) is 22.9 Å². The van der Waals surface area contributed by atoms with Gasteiger partial charge in [-0.15, -0.1) is 13.2 Å². The molecule has 0 aliphatic carbocycles. The Bertz CT molecular complexity index is 771. The highest BCUT2D eigenvalue weighted by Gasteiger charge is 2.21. The van der Waals surface area contributed by atoms with Gasteiger partial charge in [-0.05, 0) is 45.1 Å². The van der Waals surface area contributed by atoms with Gasteiger partial charge in [0.15, 0.2) is 14.3 Å². The van der Waals surface area contributed by atoms with Crippen molar-refractivity contribution >= 4 is 29.2 Å². The van der Waals surface area contributed by atoms with Crippen LogP contribution < -0.4 is 9.75 Å². The third-order valence-corrected chi connectivity index (χ3v) is 5.92. The minimum atomic E-state index is -0.0643. The number of hydrogen-bond acceptors (Lipinski definition) is 0. The molecule has 114 valence electrons. The highest BCUT2D eigenvalue weighted by atomic mass is 32.2. The molecule has 1 heterocycles. The lowest BCUT2D eigenvalue weighted by molar-refractivity contribution is 1.46. The van der Waals surface area contributed by atoms with Crippen molar-refractivity contribution in [3.63, 3.8) is 0 Å².